The van der Waals surface area contributed by atoms with Gasteiger partial charge in [-0.2, -0.15) is 10.2 Å². The van der Waals surface area contributed by atoms with Gasteiger partial charge in [0.05, 0.1) is 6.61 Å². The molecule has 2 aromatic heterocycles. The van der Waals surface area contributed by atoms with Crippen LogP contribution in [0.4, 0.5) is 5.82 Å². The largest absolute Gasteiger partial charge is 0.394 e. The van der Waals surface area contributed by atoms with Crippen LogP contribution in [0, 0.1) is 0 Å². The predicted molar refractivity (Wildman–Crippen MR) is 73.3 cm³/mol. The molecule has 0 spiro atoms. The van der Waals surface area contributed by atoms with E-state index in [1.165, 1.54) is 4.68 Å². The van der Waals surface area contributed by atoms with E-state index < -0.39 is 36.7 Å². The Morgan fingerprint density at radius 3 is 2.71 bits per heavy atom. The minimum atomic E-state index is -1.32. The second-order valence-corrected chi connectivity index (χ2v) is 5.38. The first-order chi connectivity index (χ1) is 9.95. The number of aliphatic hydroxyl groups excluding tert-OH is 3. The Morgan fingerprint density at radius 1 is 1.43 bits per heavy atom. The van der Waals surface area contributed by atoms with Crippen molar-refractivity contribution < 1.29 is 20.1 Å². The molecule has 1 aliphatic rings. The Bertz CT molecular complexity index is 745. The summed E-state index contributed by atoms with van der Waals surface area (Å²) >= 11 is 3.20. The molecule has 0 bridgehead atoms. The van der Waals surface area contributed by atoms with Gasteiger partial charge in [-0.15, -0.1) is 0 Å². The number of rotatable bonds is 2. The Hall–Kier alpha value is -1.53. The highest BCUT2D eigenvalue weighted by atomic mass is 79.9. The van der Waals surface area contributed by atoms with E-state index in [2.05, 4.69) is 31.2 Å². The van der Waals surface area contributed by atoms with Crippen LogP contribution in [0.2, 0.25) is 0 Å². The summed E-state index contributed by atoms with van der Waals surface area (Å²) in [5.74, 6) is 0.00999. The quantitative estimate of drug-likeness (QED) is 0.413. The summed E-state index contributed by atoms with van der Waals surface area (Å²) in [7, 11) is 0. The van der Waals surface area contributed by atoms with Crippen LogP contribution in [-0.2, 0) is 4.74 Å². The second-order valence-electron chi connectivity index (χ2n) is 4.63. The third-order valence-corrected chi connectivity index (χ3v) is 4.12. The van der Waals surface area contributed by atoms with Crippen LogP contribution in [0.3, 0.4) is 0 Å². The second kappa shape index (κ2) is 5.03. The highest BCUT2D eigenvalue weighted by molar-refractivity contribution is 9.10. The van der Waals surface area contributed by atoms with Gasteiger partial charge in [0.15, 0.2) is 12.0 Å². The van der Waals surface area contributed by atoms with Crippen molar-refractivity contribution in [1.29, 1.82) is 0 Å². The number of fused-ring (bicyclic) bond motifs is 1. The number of hydrogen-bond donors (Lipinski definition) is 5. The van der Waals surface area contributed by atoms with Crippen LogP contribution in [0.1, 0.15) is 6.23 Å². The Kier molecular flexibility index (Phi) is 3.45. The third kappa shape index (κ3) is 2.05. The number of H-pyrrole nitrogens is 1. The number of ether oxygens (including phenoxy) is 1. The van der Waals surface area contributed by atoms with Crippen molar-refractivity contribution in [3.63, 3.8) is 0 Å². The van der Waals surface area contributed by atoms with Crippen LogP contribution in [-0.4, -0.2) is 60.2 Å². The average Bonchev–Trinajstić information content (AvgIpc) is 2.95. The van der Waals surface area contributed by atoms with Crippen molar-refractivity contribution in [2.75, 3.05) is 12.3 Å². The van der Waals surface area contributed by atoms with Gasteiger partial charge < -0.3 is 25.8 Å². The zero-order chi connectivity index (χ0) is 15.3. The van der Waals surface area contributed by atoms with Crippen LogP contribution < -0.4 is 11.3 Å². The fraction of sp³-hybridized carbons (Fsp3) is 0.500. The summed E-state index contributed by atoms with van der Waals surface area (Å²) in [6.07, 6.45) is -4.61. The van der Waals surface area contributed by atoms with Crippen molar-refractivity contribution >= 4 is 32.7 Å². The molecule has 4 atom stereocenters. The van der Waals surface area contributed by atoms with E-state index in [0.717, 1.165) is 0 Å². The van der Waals surface area contributed by atoms with Crippen molar-refractivity contribution in [3.05, 3.63) is 15.0 Å². The minimum absolute atomic E-state index is 0.00999. The molecule has 21 heavy (non-hydrogen) atoms. The molecule has 0 radical (unpaired) electrons. The van der Waals surface area contributed by atoms with Crippen LogP contribution in [0.5, 0.6) is 0 Å². The number of nitrogen functional groups attached to an aromatic ring is 1. The summed E-state index contributed by atoms with van der Waals surface area (Å²) in [5.41, 5.74) is 5.28. The highest BCUT2D eigenvalue weighted by Crippen LogP contribution is 2.34. The summed E-state index contributed by atoms with van der Waals surface area (Å²) in [6.45, 7) is -0.461. The first-order valence-electron chi connectivity index (χ1n) is 6.00. The van der Waals surface area contributed by atoms with E-state index in [9.17, 15) is 15.0 Å². The lowest BCUT2D eigenvalue weighted by atomic mass is 10.1. The number of nitrogens with zero attached hydrogens (tertiary/aromatic N) is 3. The van der Waals surface area contributed by atoms with Gasteiger partial charge in [-0.3, -0.25) is 4.79 Å². The van der Waals surface area contributed by atoms with E-state index in [-0.39, 0.29) is 21.3 Å². The SMILES string of the molecule is Nc1n[nH]c(=O)c2c(Br)n(C3OC(CO)C(O)C3O)nc12. The Labute approximate surface area is 125 Å². The summed E-state index contributed by atoms with van der Waals surface area (Å²) in [6, 6.07) is 0. The normalized spacial score (nSPS) is 29.3. The van der Waals surface area contributed by atoms with E-state index in [4.69, 9.17) is 15.6 Å². The zero-order valence-corrected chi connectivity index (χ0v) is 12.1. The molecule has 0 aliphatic carbocycles. The van der Waals surface area contributed by atoms with Crippen molar-refractivity contribution in [3.8, 4) is 0 Å². The molecule has 0 saturated carbocycles. The lowest BCUT2D eigenvalue weighted by molar-refractivity contribution is -0.0593. The lowest BCUT2D eigenvalue weighted by Crippen LogP contribution is -2.33. The number of nitrogens with one attached hydrogen (secondary N) is 1. The minimum Gasteiger partial charge on any atom is -0.394 e. The summed E-state index contributed by atoms with van der Waals surface area (Å²) < 4.78 is 6.77. The van der Waals surface area contributed by atoms with Gasteiger partial charge in [-0.25, -0.2) is 9.78 Å². The van der Waals surface area contributed by atoms with E-state index in [1.54, 1.807) is 0 Å². The smallest absolute Gasteiger partial charge is 0.276 e. The highest BCUT2D eigenvalue weighted by Gasteiger charge is 2.44. The Balaban J connectivity index is 2.14. The topological polar surface area (TPSA) is 160 Å². The molecule has 3 rings (SSSR count). The van der Waals surface area contributed by atoms with E-state index in [0.29, 0.717) is 0 Å². The van der Waals surface area contributed by atoms with Gasteiger partial charge in [-0.1, -0.05) is 0 Å². The molecule has 0 amide bonds. The molecule has 0 aromatic carbocycles. The van der Waals surface area contributed by atoms with Gasteiger partial charge in [-0.05, 0) is 15.9 Å². The maximum atomic E-state index is 11.8. The molecular formula is C10H12BrN5O5. The standard InChI is InChI=1S/C10H12BrN5O5/c11-7-3-4(8(12)13-14-9(3)20)15-16(7)10-6(19)5(18)2(1-17)21-10/h2,5-6,10,17-19H,1H2,(H2,12,13)(H,14,20). The van der Waals surface area contributed by atoms with Gasteiger partial charge in [0.1, 0.15) is 33.8 Å². The number of nitrogens with two attached hydrogens (primary N) is 1. The van der Waals surface area contributed by atoms with Gasteiger partial charge >= 0.3 is 0 Å². The summed E-state index contributed by atoms with van der Waals surface area (Å²) in [4.78, 5) is 11.8. The van der Waals surface area contributed by atoms with Crippen molar-refractivity contribution in [1.82, 2.24) is 20.0 Å². The number of aromatic amines is 1. The van der Waals surface area contributed by atoms with Gasteiger partial charge in [0, 0.05) is 0 Å². The van der Waals surface area contributed by atoms with Crippen molar-refractivity contribution in [2.24, 2.45) is 0 Å². The number of aliphatic hydroxyl groups is 3. The first-order valence-corrected chi connectivity index (χ1v) is 6.79. The third-order valence-electron chi connectivity index (χ3n) is 3.36. The monoisotopic (exact) mass is 361 g/mol. The van der Waals surface area contributed by atoms with E-state index >= 15 is 0 Å². The van der Waals surface area contributed by atoms with Crippen LogP contribution >= 0.6 is 15.9 Å². The fourth-order valence-electron chi connectivity index (χ4n) is 2.26. The van der Waals surface area contributed by atoms with Gasteiger partial charge in [0.25, 0.3) is 5.56 Å². The first kappa shape index (κ1) is 14.4. The number of aromatic nitrogens is 4. The van der Waals surface area contributed by atoms with Gasteiger partial charge in [0.2, 0.25) is 0 Å². The average molecular weight is 362 g/mol. The van der Waals surface area contributed by atoms with E-state index in [1.807, 2.05) is 0 Å². The molecule has 6 N–H and O–H groups in total. The Morgan fingerprint density at radius 2 is 2.14 bits per heavy atom. The number of hydrogen-bond acceptors (Lipinski definition) is 8. The maximum Gasteiger partial charge on any atom is 0.276 e. The molecule has 1 aliphatic heterocycles. The molecule has 1 fully saturated rings. The number of anilines is 1. The van der Waals surface area contributed by atoms with Crippen LogP contribution in [0.25, 0.3) is 10.9 Å². The molecule has 1 saturated heterocycles. The fourth-order valence-corrected chi connectivity index (χ4v) is 2.91. The predicted octanol–water partition coefficient (Wildman–Crippen LogP) is -1.92. The molecule has 3 heterocycles. The summed E-state index contributed by atoms with van der Waals surface area (Å²) in [5, 5.41) is 38.9. The lowest BCUT2D eigenvalue weighted by Gasteiger charge is -2.15. The molecule has 10 nitrogen and oxygen atoms in total. The number of halogens is 1. The molecule has 2 aromatic rings. The molecular weight excluding hydrogens is 350 g/mol. The molecule has 11 heteroatoms. The van der Waals surface area contributed by atoms with Crippen molar-refractivity contribution in [2.45, 2.75) is 24.5 Å². The molecule has 114 valence electrons. The van der Waals surface area contributed by atoms with Crippen LogP contribution in [0.15, 0.2) is 9.40 Å². The maximum absolute atomic E-state index is 11.8. The zero-order valence-electron chi connectivity index (χ0n) is 10.5. The molecule has 4 unspecified atom stereocenters.